The smallest absolute Gasteiger partial charge is 0.284 e. The first-order chi connectivity index (χ1) is 12.7. The zero-order chi connectivity index (χ0) is 19.8. The predicted octanol–water partition coefficient (Wildman–Crippen LogP) is 3.15. The molecular weight excluding hydrogens is 388 g/mol. The number of piperidine rings is 1. The number of rotatable bonds is 5. The molecule has 146 valence electrons. The quantitative estimate of drug-likeness (QED) is 0.555. The average Bonchev–Trinajstić information content (AvgIpc) is 2.99. The SMILES string of the molecule is C[C@@H]1C[C@@H](C)CN(S(=O)(=O)c2ccc(Sc3nccn3C)c([N+](=O)[O-])c2)C1. The number of sulfonamides is 1. The second kappa shape index (κ2) is 7.61. The summed E-state index contributed by atoms with van der Waals surface area (Å²) in [5, 5.41) is 12.1. The van der Waals surface area contributed by atoms with Crippen LogP contribution >= 0.6 is 11.8 Å². The summed E-state index contributed by atoms with van der Waals surface area (Å²) >= 11 is 1.13. The van der Waals surface area contributed by atoms with E-state index in [0.29, 0.717) is 23.1 Å². The molecule has 0 unspecified atom stereocenters. The van der Waals surface area contributed by atoms with E-state index in [9.17, 15) is 18.5 Å². The number of aromatic nitrogens is 2. The van der Waals surface area contributed by atoms with Crippen LogP contribution in [0.1, 0.15) is 20.3 Å². The lowest BCUT2D eigenvalue weighted by Crippen LogP contribution is -2.42. The Hall–Kier alpha value is -1.91. The van der Waals surface area contributed by atoms with E-state index in [2.05, 4.69) is 4.98 Å². The number of hydrogen-bond acceptors (Lipinski definition) is 6. The zero-order valence-electron chi connectivity index (χ0n) is 15.4. The molecule has 2 atom stereocenters. The van der Waals surface area contributed by atoms with Crippen molar-refractivity contribution in [3.8, 4) is 0 Å². The number of aryl methyl sites for hydroxylation is 1. The maximum absolute atomic E-state index is 13.0. The number of imidazole rings is 1. The number of nitro benzene ring substituents is 1. The molecule has 8 nitrogen and oxygen atoms in total. The first kappa shape index (κ1) is 19.8. The average molecular weight is 411 g/mol. The summed E-state index contributed by atoms with van der Waals surface area (Å²) in [6.45, 7) is 4.91. The van der Waals surface area contributed by atoms with Crippen molar-refractivity contribution in [3.63, 3.8) is 0 Å². The Morgan fingerprint density at radius 3 is 2.48 bits per heavy atom. The van der Waals surface area contributed by atoms with E-state index < -0.39 is 14.9 Å². The lowest BCUT2D eigenvalue weighted by Gasteiger charge is -2.34. The third kappa shape index (κ3) is 4.17. The molecule has 0 amide bonds. The summed E-state index contributed by atoms with van der Waals surface area (Å²) in [7, 11) is -1.98. The van der Waals surface area contributed by atoms with Crippen molar-refractivity contribution in [2.45, 2.75) is 35.2 Å². The van der Waals surface area contributed by atoms with Crippen molar-refractivity contribution >= 4 is 27.5 Å². The summed E-state index contributed by atoms with van der Waals surface area (Å²) in [6.07, 6.45) is 4.32. The molecule has 27 heavy (non-hydrogen) atoms. The van der Waals surface area contributed by atoms with Crippen molar-refractivity contribution in [2.75, 3.05) is 13.1 Å². The van der Waals surface area contributed by atoms with Gasteiger partial charge >= 0.3 is 0 Å². The Morgan fingerprint density at radius 1 is 1.26 bits per heavy atom. The van der Waals surface area contributed by atoms with Crippen LogP contribution < -0.4 is 0 Å². The van der Waals surface area contributed by atoms with Crippen LogP contribution in [0.15, 0.2) is 45.5 Å². The van der Waals surface area contributed by atoms with Crippen LogP contribution in [0, 0.1) is 22.0 Å². The van der Waals surface area contributed by atoms with E-state index in [1.165, 1.54) is 16.4 Å². The van der Waals surface area contributed by atoms with Crippen LogP contribution in [0.5, 0.6) is 0 Å². The molecule has 3 rings (SSSR count). The van der Waals surface area contributed by atoms with E-state index in [0.717, 1.165) is 24.2 Å². The second-order valence-corrected chi connectivity index (χ2v) is 10.0. The molecule has 0 bridgehead atoms. The van der Waals surface area contributed by atoms with Gasteiger partial charge in [0.1, 0.15) is 0 Å². The van der Waals surface area contributed by atoms with E-state index >= 15 is 0 Å². The maximum Gasteiger partial charge on any atom is 0.284 e. The molecule has 1 aliphatic heterocycles. The summed E-state index contributed by atoms with van der Waals surface area (Å²) in [6, 6.07) is 4.09. The standard InChI is InChI=1S/C17H22N4O4S2/c1-12-8-13(2)11-20(10-12)27(24,25)14-4-5-16(15(9-14)21(22)23)26-17-18-6-7-19(17)3/h4-7,9,12-13H,8,10-11H2,1-3H3/t12-,13-/m1/s1. The lowest BCUT2D eigenvalue weighted by atomic mass is 9.94. The van der Waals surface area contributed by atoms with Crippen molar-refractivity contribution in [3.05, 3.63) is 40.7 Å². The number of nitrogens with zero attached hydrogens (tertiary/aromatic N) is 4. The fourth-order valence-corrected chi connectivity index (χ4v) is 5.98. The van der Waals surface area contributed by atoms with Gasteiger partial charge in [0.05, 0.1) is 14.7 Å². The Balaban J connectivity index is 1.96. The highest BCUT2D eigenvalue weighted by atomic mass is 32.2. The van der Waals surface area contributed by atoms with Crippen LogP contribution in [0.25, 0.3) is 0 Å². The van der Waals surface area contributed by atoms with Gasteiger partial charge in [0.2, 0.25) is 10.0 Å². The van der Waals surface area contributed by atoms with Gasteiger partial charge < -0.3 is 4.57 Å². The van der Waals surface area contributed by atoms with Crippen LogP contribution in [-0.4, -0.2) is 40.3 Å². The Labute approximate surface area is 162 Å². The van der Waals surface area contributed by atoms with Crippen LogP contribution in [0.4, 0.5) is 5.69 Å². The van der Waals surface area contributed by atoms with E-state index in [1.807, 2.05) is 13.8 Å². The normalized spacial score (nSPS) is 21.3. The number of benzene rings is 1. The van der Waals surface area contributed by atoms with Gasteiger partial charge in [0.25, 0.3) is 5.69 Å². The van der Waals surface area contributed by atoms with E-state index in [1.54, 1.807) is 24.0 Å². The molecule has 2 heterocycles. The highest BCUT2D eigenvalue weighted by Crippen LogP contribution is 2.36. The van der Waals surface area contributed by atoms with Gasteiger partial charge in [-0.15, -0.1) is 0 Å². The monoisotopic (exact) mass is 410 g/mol. The van der Waals surface area contributed by atoms with Crippen LogP contribution in [0.3, 0.4) is 0 Å². The van der Waals surface area contributed by atoms with Crippen LogP contribution in [-0.2, 0) is 17.1 Å². The van der Waals surface area contributed by atoms with Gasteiger partial charge in [-0.05, 0) is 42.2 Å². The molecule has 1 aliphatic rings. The Bertz CT molecular complexity index is 948. The van der Waals surface area contributed by atoms with Gasteiger partial charge in [-0.2, -0.15) is 4.31 Å². The molecule has 10 heteroatoms. The highest BCUT2D eigenvalue weighted by Gasteiger charge is 2.33. The molecule has 2 aromatic rings. The number of nitro groups is 1. The molecule has 0 saturated carbocycles. The molecule has 0 N–H and O–H groups in total. The molecule has 1 fully saturated rings. The third-order valence-electron chi connectivity index (χ3n) is 4.58. The second-order valence-electron chi connectivity index (χ2n) is 7.08. The minimum atomic E-state index is -3.77. The largest absolute Gasteiger partial charge is 0.329 e. The number of hydrogen-bond donors (Lipinski definition) is 0. The maximum atomic E-state index is 13.0. The first-order valence-electron chi connectivity index (χ1n) is 8.62. The Kier molecular flexibility index (Phi) is 5.59. The Morgan fingerprint density at radius 2 is 1.93 bits per heavy atom. The van der Waals surface area contributed by atoms with E-state index in [-0.39, 0.29) is 22.4 Å². The summed E-state index contributed by atoms with van der Waals surface area (Å²) in [5.74, 6) is 0.522. The highest BCUT2D eigenvalue weighted by molar-refractivity contribution is 7.99. The molecule has 1 saturated heterocycles. The lowest BCUT2D eigenvalue weighted by molar-refractivity contribution is -0.388. The minimum Gasteiger partial charge on any atom is -0.329 e. The van der Waals surface area contributed by atoms with E-state index in [4.69, 9.17) is 0 Å². The predicted molar refractivity (Wildman–Crippen MR) is 102 cm³/mol. The van der Waals surface area contributed by atoms with Crippen molar-refractivity contribution < 1.29 is 13.3 Å². The summed E-state index contributed by atoms with van der Waals surface area (Å²) in [5.41, 5.74) is -0.234. The zero-order valence-corrected chi connectivity index (χ0v) is 17.0. The molecule has 0 aliphatic carbocycles. The summed E-state index contributed by atoms with van der Waals surface area (Å²) in [4.78, 5) is 15.5. The molecule has 1 aromatic heterocycles. The minimum absolute atomic E-state index is 0.0420. The van der Waals surface area contributed by atoms with Gasteiger partial charge in [-0.25, -0.2) is 13.4 Å². The fourth-order valence-electron chi connectivity index (χ4n) is 3.39. The first-order valence-corrected chi connectivity index (χ1v) is 10.9. The van der Waals surface area contributed by atoms with Crippen molar-refractivity contribution in [2.24, 2.45) is 18.9 Å². The third-order valence-corrected chi connectivity index (χ3v) is 7.55. The molecular formula is C17H22N4O4S2. The molecule has 0 radical (unpaired) electrons. The topological polar surface area (TPSA) is 98.3 Å². The van der Waals surface area contributed by atoms with Crippen molar-refractivity contribution in [1.29, 1.82) is 0 Å². The molecule has 0 spiro atoms. The summed E-state index contributed by atoms with van der Waals surface area (Å²) < 4.78 is 29.2. The molecule has 1 aromatic carbocycles. The van der Waals surface area contributed by atoms with Gasteiger partial charge in [0.15, 0.2) is 5.16 Å². The fraction of sp³-hybridized carbons (Fsp3) is 0.471. The van der Waals surface area contributed by atoms with Crippen LogP contribution in [0.2, 0.25) is 0 Å². The van der Waals surface area contributed by atoms with Gasteiger partial charge in [-0.3, -0.25) is 10.1 Å². The van der Waals surface area contributed by atoms with Crippen molar-refractivity contribution in [1.82, 2.24) is 13.9 Å². The van der Waals surface area contributed by atoms with Gasteiger partial charge in [0, 0.05) is 38.6 Å². The van der Waals surface area contributed by atoms with Gasteiger partial charge in [-0.1, -0.05) is 13.8 Å².